The summed E-state index contributed by atoms with van der Waals surface area (Å²) in [5, 5.41) is 22.3. The number of hydrogen-bond acceptors (Lipinski definition) is 6. The van der Waals surface area contributed by atoms with Crippen LogP contribution >= 0.6 is 0 Å². The minimum atomic E-state index is -1.07. The molecule has 8 N–H and O–H groups in total. The van der Waals surface area contributed by atoms with Crippen LogP contribution in [-0.4, -0.2) is 59.1 Å². The molecule has 0 aliphatic heterocycles. The van der Waals surface area contributed by atoms with E-state index < -0.39 is 29.9 Å². The molecule has 2 unspecified atom stereocenters. The van der Waals surface area contributed by atoms with Crippen molar-refractivity contribution in [1.29, 1.82) is 0 Å². The lowest BCUT2D eigenvalue weighted by Gasteiger charge is -2.10. The third-order valence-electron chi connectivity index (χ3n) is 2.80. The molecule has 0 saturated heterocycles. The maximum Gasteiger partial charge on any atom is 0.320 e. The molecule has 0 heterocycles. The zero-order valence-corrected chi connectivity index (χ0v) is 14.1. The highest BCUT2D eigenvalue weighted by atomic mass is 16.4. The zero-order chi connectivity index (χ0) is 19.1. The molecule has 140 valence electrons. The standard InChI is InChI=1S/2C7H14N2O3/c1-2-9-5(7(11)12)3-4-6(8)10;1-2-9-6(10)4-3-5(8)7(11)12/h5,9H,2-4H2,1H3,(H2,8,10)(H,11,12);5H,2-4,8H2,1H3,(H,9,10)(H,11,12). The van der Waals surface area contributed by atoms with E-state index >= 15 is 0 Å². The lowest BCUT2D eigenvalue weighted by molar-refractivity contribution is -0.140. The van der Waals surface area contributed by atoms with Gasteiger partial charge in [-0.05, 0) is 26.3 Å². The molecule has 2 amide bonds. The van der Waals surface area contributed by atoms with Crippen molar-refractivity contribution in [1.82, 2.24) is 10.6 Å². The van der Waals surface area contributed by atoms with Gasteiger partial charge in [-0.2, -0.15) is 0 Å². The molecule has 0 fully saturated rings. The number of carbonyl (C=O) groups excluding carboxylic acids is 2. The monoisotopic (exact) mass is 348 g/mol. The van der Waals surface area contributed by atoms with E-state index in [4.69, 9.17) is 21.7 Å². The molecule has 0 saturated carbocycles. The van der Waals surface area contributed by atoms with Crippen molar-refractivity contribution < 1.29 is 29.4 Å². The lowest BCUT2D eigenvalue weighted by Crippen LogP contribution is -2.37. The second-order valence-electron chi connectivity index (χ2n) is 4.89. The molecular weight excluding hydrogens is 320 g/mol. The van der Waals surface area contributed by atoms with Crippen LogP contribution in [0, 0.1) is 0 Å². The Morgan fingerprint density at radius 3 is 1.92 bits per heavy atom. The largest absolute Gasteiger partial charge is 0.480 e. The van der Waals surface area contributed by atoms with Gasteiger partial charge in [-0.15, -0.1) is 0 Å². The Morgan fingerprint density at radius 2 is 1.54 bits per heavy atom. The molecule has 10 heteroatoms. The van der Waals surface area contributed by atoms with E-state index in [2.05, 4.69) is 10.6 Å². The Morgan fingerprint density at radius 1 is 0.958 bits per heavy atom. The quantitative estimate of drug-likeness (QED) is 0.264. The molecule has 24 heavy (non-hydrogen) atoms. The van der Waals surface area contributed by atoms with Gasteiger partial charge in [0.1, 0.15) is 12.1 Å². The van der Waals surface area contributed by atoms with Gasteiger partial charge >= 0.3 is 11.9 Å². The van der Waals surface area contributed by atoms with Crippen molar-refractivity contribution >= 4 is 23.8 Å². The molecular formula is C14H28N4O6. The van der Waals surface area contributed by atoms with Crippen LogP contribution in [0.3, 0.4) is 0 Å². The molecule has 2 atom stereocenters. The highest BCUT2D eigenvalue weighted by molar-refractivity contribution is 5.78. The second-order valence-corrected chi connectivity index (χ2v) is 4.89. The molecule has 0 bridgehead atoms. The second kappa shape index (κ2) is 14.4. The Labute approximate surface area is 141 Å². The van der Waals surface area contributed by atoms with Gasteiger partial charge in [-0.25, -0.2) is 0 Å². The third kappa shape index (κ3) is 14.7. The summed E-state index contributed by atoms with van der Waals surface area (Å²) < 4.78 is 0. The maximum atomic E-state index is 10.8. The van der Waals surface area contributed by atoms with E-state index in [0.29, 0.717) is 13.1 Å². The average Bonchev–Trinajstić information content (AvgIpc) is 2.49. The number of primary amides is 1. The molecule has 0 aliphatic carbocycles. The average molecular weight is 348 g/mol. The molecule has 0 radical (unpaired) electrons. The molecule has 0 aromatic rings. The minimum Gasteiger partial charge on any atom is -0.480 e. The van der Waals surface area contributed by atoms with Crippen LogP contribution in [-0.2, 0) is 19.2 Å². The van der Waals surface area contributed by atoms with Crippen molar-refractivity contribution in [2.24, 2.45) is 11.5 Å². The van der Waals surface area contributed by atoms with Crippen LogP contribution < -0.4 is 22.1 Å². The molecule has 10 nitrogen and oxygen atoms in total. The zero-order valence-electron chi connectivity index (χ0n) is 14.1. The summed E-state index contributed by atoms with van der Waals surface area (Å²) >= 11 is 0. The Hall–Kier alpha value is -2.20. The highest BCUT2D eigenvalue weighted by Gasteiger charge is 2.16. The van der Waals surface area contributed by atoms with Crippen molar-refractivity contribution in [3.8, 4) is 0 Å². The number of likely N-dealkylation sites (N-methyl/N-ethyl adjacent to an activating group) is 1. The van der Waals surface area contributed by atoms with E-state index in [0.717, 1.165) is 0 Å². The summed E-state index contributed by atoms with van der Waals surface area (Å²) in [6.07, 6.45) is 0.699. The van der Waals surface area contributed by atoms with Gasteiger partial charge in [0.25, 0.3) is 0 Å². The van der Waals surface area contributed by atoms with E-state index in [1.54, 1.807) is 13.8 Å². The smallest absolute Gasteiger partial charge is 0.320 e. The van der Waals surface area contributed by atoms with Crippen molar-refractivity contribution in [3.05, 3.63) is 0 Å². The van der Waals surface area contributed by atoms with Crippen molar-refractivity contribution in [2.45, 2.75) is 51.6 Å². The van der Waals surface area contributed by atoms with Crippen LogP contribution in [0.2, 0.25) is 0 Å². The van der Waals surface area contributed by atoms with Crippen molar-refractivity contribution in [2.75, 3.05) is 13.1 Å². The van der Waals surface area contributed by atoms with Crippen LogP contribution in [0.1, 0.15) is 39.5 Å². The van der Waals surface area contributed by atoms with Gasteiger partial charge < -0.3 is 32.3 Å². The summed E-state index contributed by atoms with van der Waals surface area (Å²) in [7, 11) is 0. The summed E-state index contributed by atoms with van der Waals surface area (Å²) in [6.45, 7) is 4.73. The minimum absolute atomic E-state index is 0.101. The van der Waals surface area contributed by atoms with Crippen LogP contribution in [0.4, 0.5) is 0 Å². The lowest BCUT2D eigenvalue weighted by atomic mass is 10.1. The molecule has 0 rings (SSSR count). The van der Waals surface area contributed by atoms with Crippen molar-refractivity contribution in [3.63, 3.8) is 0 Å². The summed E-state index contributed by atoms with van der Waals surface area (Å²) in [6, 6.07) is -1.60. The first-order valence-electron chi connectivity index (χ1n) is 7.65. The summed E-state index contributed by atoms with van der Waals surface area (Å²) in [5.41, 5.74) is 10.1. The van der Waals surface area contributed by atoms with Crippen LogP contribution in [0.5, 0.6) is 0 Å². The van der Waals surface area contributed by atoms with E-state index in [1.807, 2.05) is 0 Å². The summed E-state index contributed by atoms with van der Waals surface area (Å²) in [5.74, 6) is -2.65. The Balaban J connectivity index is 0. The molecule has 0 spiro atoms. The first kappa shape index (κ1) is 24.1. The summed E-state index contributed by atoms with van der Waals surface area (Å²) in [4.78, 5) is 41.8. The number of carboxylic acids is 2. The maximum absolute atomic E-state index is 10.8. The van der Waals surface area contributed by atoms with Gasteiger partial charge in [0.2, 0.25) is 11.8 Å². The number of amides is 2. The number of carboxylic acid groups (broad SMARTS) is 2. The topological polar surface area (TPSA) is 185 Å². The number of carbonyl (C=O) groups is 4. The van der Waals surface area contributed by atoms with Gasteiger partial charge in [0.15, 0.2) is 0 Å². The van der Waals surface area contributed by atoms with Gasteiger partial charge in [0.05, 0.1) is 0 Å². The molecule has 0 aromatic heterocycles. The van der Waals surface area contributed by atoms with E-state index in [9.17, 15) is 19.2 Å². The number of rotatable bonds is 11. The third-order valence-corrected chi connectivity index (χ3v) is 2.80. The van der Waals surface area contributed by atoms with E-state index in [1.165, 1.54) is 0 Å². The number of aliphatic carboxylic acids is 2. The van der Waals surface area contributed by atoms with E-state index in [-0.39, 0.29) is 31.6 Å². The van der Waals surface area contributed by atoms with Crippen LogP contribution in [0.25, 0.3) is 0 Å². The Bertz CT molecular complexity index is 414. The Kier molecular flexibility index (Phi) is 14.4. The number of nitrogens with one attached hydrogen (secondary N) is 2. The first-order chi connectivity index (χ1) is 11.1. The number of hydrogen-bond donors (Lipinski definition) is 6. The fraction of sp³-hybridized carbons (Fsp3) is 0.714. The normalized spacial score (nSPS) is 12.3. The number of nitrogens with two attached hydrogens (primary N) is 2. The van der Waals surface area contributed by atoms with Gasteiger partial charge in [-0.1, -0.05) is 6.92 Å². The van der Waals surface area contributed by atoms with Gasteiger partial charge in [-0.3, -0.25) is 19.2 Å². The van der Waals surface area contributed by atoms with Gasteiger partial charge in [0, 0.05) is 19.4 Å². The molecule has 0 aromatic carbocycles. The van der Waals surface area contributed by atoms with Crippen LogP contribution in [0.15, 0.2) is 0 Å². The molecule has 0 aliphatic rings. The highest BCUT2D eigenvalue weighted by Crippen LogP contribution is 1.96. The predicted molar refractivity (Wildman–Crippen MR) is 87.1 cm³/mol. The fourth-order valence-electron chi connectivity index (χ4n) is 1.54. The predicted octanol–water partition coefficient (Wildman–Crippen LogP) is -1.37. The first-order valence-corrected chi connectivity index (χ1v) is 7.65. The SMILES string of the molecule is CCNC(=O)CCC(N)C(=O)O.CCNC(CCC(N)=O)C(=O)O. The fourth-order valence-corrected chi connectivity index (χ4v) is 1.54.